The highest BCUT2D eigenvalue weighted by molar-refractivity contribution is 5.93. The Morgan fingerprint density at radius 3 is 2.65 bits per heavy atom. The van der Waals surface area contributed by atoms with E-state index in [0.29, 0.717) is 11.1 Å². The normalized spacial score (nSPS) is 9.94. The molecular weight excluding hydrogens is 221 g/mol. The molecule has 17 heavy (non-hydrogen) atoms. The van der Waals surface area contributed by atoms with Gasteiger partial charge in [0, 0.05) is 24.5 Å². The van der Waals surface area contributed by atoms with E-state index >= 15 is 0 Å². The lowest BCUT2D eigenvalue weighted by Gasteiger charge is -2.05. The summed E-state index contributed by atoms with van der Waals surface area (Å²) in [5.41, 5.74) is 0.793. The van der Waals surface area contributed by atoms with E-state index in [9.17, 15) is 9.18 Å². The maximum absolute atomic E-state index is 13.3. The molecule has 0 bridgehead atoms. The van der Waals surface area contributed by atoms with E-state index in [1.165, 1.54) is 24.8 Å². The molecule has 0 atom stereocenters. The zero-order chi connectivity index (χ0) is 12.1. The average molecular weight is 231 g/mol. The molecule has 0 radical (unpaired) electrons. The Morgan fingerprint density at radius 2 is 1.94 bits per heavy atom. The maximum Gasteiger partial charge on any atom is 0.254 e. The molecule has 2 rings (SSSR count). The molecular formula is C12H10FN3O. The van der Waals surface area contributed by atoms with Crippen molar-refractivity contribution in [1.82, 2.24) is 15.3 Å². The summed E-state index contributed by atoms with van der Waals surface area (Å²) in [4.78, 5) is 19.1. The third-order valence-electron chi connectivity index (χ3n) is 2.22. The van der Waals surface area contributed by atoms with Crippen LogP contribution in [0.4, 0.5) is 4.39 Å². The van der Waals surface area contributed by atoms with E-state index in [2.05, 4.69) is 15.3 Å². The summed E-state index contributed by atoms with van der Waals surface area (Å²) < 4.78 is 13.3. The first-order valence-electron chi connectivity index (χ1n) is 5.04. The van der Waals surface area contributed by atoms with Crippen molar-refractivity contribution >= 4 is 5.91 Å². The molecule has 0 saturated heterocycles. The van der Waals surface area contributed by atoms with E-state index in [4.69, 9.17) is 0 Å². The van der Waals surface area contributed by atoms with Crippen LogP contribution in [-0.4, -0.2) is 15.9 Å². The molecule has 1 aromatic heterocycles. The van der Waals surface area contributed by atoms with Crippen LogP contribution in [0.15, 0.2) is 43.0 Å². The minimum absolute atomic E-state index is 0.139. The van der Waals surface area contributed by atoms with Gasteiger partial charge in [0.15, 0.2) is 0 Å². The summed E-state index contributed by atoms with van der Waals surface area (Å²) in [5, 5.41) is 2.60. The molecule has 86 valence electrons. The smallest absolute Gasteiger partial charge is 0.254 e. The quantitative estimate of drug-likeness (QED) is 0.871. The first-order chi connectivity index (χ1) is 8.27. The van der Waals surface area contributed by atoms with Crippen LogP contribution < -0.4 is 5.32 Å². The van der Waals surface area contributed by atoms with Crippen LogP contribution in [0.25, 0.3) is 0 Å². The van der Waals surface area contributed by atoms with Gasteiger partial charge in [0.2, 0.25) is 0 Å². The average Bonchev–Trinajstić information content (AvgIpc) is 2.38. The zero-order valence-corrected chi connectivity index (χ0v) is 8.93. The lowest BCUT2D eigenvalue weighted by atomic mass is 10.2. The van der Waals surface area contributed by atoms with Crippen LogP contribution in [-0.2, 0) is 6.54 Å². The molecule has 0 aliphatic rings. The molecule has 0 saturated carbocycles. The Labute approximate surface area is 97.5 Å². The molecule has 4 nitrogen and oxygen atoms in total. The van der Waals surface area contributed by atoms with Crippen molar-refractivity contribution < 1.29 is 9.18 Å². The molecule has 2 aromatic rings. The van der Waals surface area contributed by atoms with Crippen LogP contribution in [0.2, 0.25) is 0 Å². The third-order valence-corrected chi connectivity index (χ3v) is 2.22. The molecule has 1 amide bonds. The number of nitrogens with zero attached hydrogens (tertiary/aromatic N) is 2. The summed E-state index contributed by atoms with van der Waals surface area (Å²) in [6.07, 6.45) is 4.15. The van der Waals surface area contributed by atoms with E-state index in [1.807, 2.05) is 0 Å². The van der Waals surface area contributed by atoms with E-state index in [1.54, 1.807) is 18.2 Å². The molecule has 0 aliphatic heterocycles. The number of halogens is 1. The molecule has 1 heterocycles. The highest BCUT2D eigenvalue weighted by atomic mass is 19.1. The highest BCUT2D eigenvalue weighted by Crippen LogP contribution is 2.05. The summed E-state index contributed by atoms with van der Waals surface area (Å²) in [7, 11) is 0. The van der Waals surface area contributed by atoms with Crippen LogP contribution >= 0.6 is 0 Å². The molecule has 1 N–H and O–H groups in total. The molecule has 1 aromatic carbocycles. The Hall–Kier alpha value is -2.30. The van der Waals surface area contributed by atoms with Gasteiger partial charge < -0.3 is 5.32 Å². The minimum Gasteiger partial charge on any atom is -0.348 e. The van der Waals surface area contributed by atoms with Crippen molar-refractivity contribution in [3.63, 3.8) is 0 Å². The maximum atomic E-state index is 13.3. The van der Waals surface area contributed by atoms with Gasteiger partial charge in [0.25, 0.3) is 5.91 Å². The largest absolute Gasteiger partial charge is 0.348 e. The van der Waals surface area contributed by atoms with Crippen molar-refractivity contribution in [1.29, 1.82) is 0 Å². The number of hydrogen-bond acceptors (Lipinski definition) is 3. The van der Waals surface area contributed by atoms with Crippen molar-refractivity contribution in [3.05, 3.63) is 59.9 Å². The van der Waals surface area contributed by atoms with E-state index in [0.717, 1.165) is 0 Å². The SMILES string of the molecule is O=C(NCc1ccccc1F)c1cncnc1. The van der Waals surface area contributed by atoms with Gasteiger partial charge in [-0.15, -0.1) is 0 Å². The fraction of sp³-hybridized carbons (Fsp3) is 0.0833. The van der Waals surface area contributed by atoms with Gasteiger partial charge in [-0.3, -0.25) is 4.79 Å². The fourth-order valence-electron chi connectivity index (χ4n) is 1.34. The molecule has 0 aliphatic carbocycles. The second-order valence-corrected chi connectivity index (χ2v) is 3.40. The number of aromatic nitrogens is 2. The first-order valence-corrected chi connectivity index (χ1v) is 5.04. The molecule has 0 unspecified atom stereocenters. The first kappa shape index (κ1) is 11.2. The van der Waals surface area contributed by atoms with Gasteiger partial charge in [-0.25, -0.2) is 14.4 Å². The number of carbonyl (C=O) groups excluding carboxylic acids is 1. The Bertz CT molecular complexity index is 516. The van der Waals surface area contributed by atoms with Crippen molar-refractivity contribution in [2.24, 2.45) is 0 Å². The second-order valence-electron chi connectivity index (χ2n) is 3.40. The number of rotatable bonds is 3. The summed E-state index contributed by atoms with van der Waals surface area (Å²) in [5.74, 6) is -0.661. The fourth-order valence-corrected chi connectivity index (χ4v) is 1.34. The number of hydrogen-bond donors (Lipinski definition) is 1. The number of amides is 1. The van der Waals surface area contributed by atoms with Crippen molar-refractivity contribution in [2.45, 2.75) is 6.54 Å². The van der Waals surface area contributed by atoms with Crippen LogP contribution in [0.5, 0.6) is 0 Å². The Balaban J connectivity index is 2.00. The summed E-state index contributed by atoms with van der Waals surface area (Å²) in [6, 6.07) is 6.30. The van der Waals surface area contributed by atoms with Gasteiger partial charge in [0.1, 0.15) is 12.1 Å². The van der Waals surface area contributed by atoms with Gasteiger partial charge >= 0.3 is 0 Å². The predicted octanol–water partition coefficient (Wildman–Crippen LogP) is 1.55. The van der Waals surface area contributed by atoms with Gasteiger partial charge in [-0.1, -0.05) is 18.2 Å². The van der Waals surface area contributed by atoms with Crippen LogP contribution in [0, 0.1) is 5.82 Å². The number of nitrogens with one attached hydrogen (secondary N) is 1. The third kappa shape index (κ3) is 2.84. The molecule has 0 fully saturated rings. The number of benzene rings is 1. The highest BCUT2D eigenvalue weighted by Gasteiger charge is 2.06. The van der Waals surface area contributed by atoms with E-state index < -0.39 is 0 Å². The second kappa shape index (κ2) is 5.16. The zero-order valence-electron chi connectivity index (χ0n) is 8.93. The van der Waals surface area contributed by atoms with E-state index in [-0.39, 0.29) is 18.3 Å². The Morgan fingerprint density at radius 1 is 1.24 bits per heavy atom. The minimum atomic E-state index is -0.336. The molecule has 0 spiro atoms. The van der Waals surface area contributed by atoms with Crippen LogP contribution in [0.3, 0.4) is 0 Å². The standard InChI is InChI=1S/C12H10FN3O/c13-11-4-2-1-3-9(11)7-16-12(17)10-5-14-8-15-6-10/h1-6,8H,7H2,(H,16,17). The summed E-state index contributed by atoms with van der Waals surface area (Å²) >= 11 is 0. The Kier molecular flexibility index (Phi) is 3.40. The van der Waals surface area contributed by atoms with Gasteiger partial charge in [-0.05, 0) is 6.07 Å². The monoisotopic (exact) mass is 231 g/mol. The predicted molar refractivity (Wildman–Crippen MR) is 59.6 cm³/mol. The lowest BCUT2D eigenvalue weighted by Crippen LogP contribution is -2.23. The molecule has 5 heteroatoms. The topological polar surface area (TPSA) is 54.9 Å². The van der Waals surface area contributed by atoms with Crippen molar-refractivity contribution in [2.75, 3.05) is 0 Å². The number of carbonyl (C=O) groups is 1. The van der Waals surface area contributed by atoms with Gasteiger partial charge in [0.05, 0.1) is 5.56 Å². The van der Waals surface area contributed by atoms with Crippen molar-refractivity contribution in [3.8, 4) is 0 Å². The van der Waals surface area contributed by atoms with Gasteiger partial charge in [-0.2, -0.15) is 0 Å². The van der Waals surface area contributed by atoms with Crippen LogP contribution in [0.1, 0.15) is 15.9 Å². The summed E-state index contributed by atoms with van der Waals surface area (Å²) in [6.45, 7) is 0.139. The lowest BCUT2D eigenvalue weighted by molar-refractivity contribution is 0.0950.